The largest absolute Gasteiger partial charge is 0.378 e. The maximum Gasteiger partial charge on any atom is 0.222 e. The summed E-state index contributed by atoms with van der Waals surface area (Å²) in [6.07, 6.45) is 1.48. The van der Waals surface area contributed by atoms with Crippen LogP contribution in [0.5, 0.6) is 0 Å². The molecule has 5 nitrogen and oxygen atoms in total. The summed E-state index contributed by atoms with van der Waals surface area (Å²) in [7, 11) is 0. The van der Waals surface area contributed by atoms with E-state index in [1.807, 2.05) is 0 Å². The molecule has 1 amide bonds. The Balaban J connectivity index is 1.92. The lowest BCUT2D eigenvalue weighted by molar-refractivity contribution is -0.135. The van der Waals surface area contributed by atoms with Crippen LogP contribution in [0.15, 0.2) is 22.3 Å². The smallest absolute Gasteiger partial charge is 0.222 e. The maximum absolute atomic E-state index is 12.3. The van der Waals surface area contributed by atoms with E-state index < -0.39 is 0 Å². The zero-order valence-electron chi connectivity index (χ0n) is 13.5. The van der Waals surface area contributed by atoms with Crippen LogP contribution in [0.2, 0.25) is 0 Å². The number of hydrogen-bond acceptors (Lipinski definition) is 4. The van der Waals surface area contributed by atoms with Gasteiger partial charge in [0.15, 0.2) is 11.6 Å². The van der Waals surface area contributed by atoms with Crippen LogP contribution < -0.4 is 0 Å². The third-order valence-electron chi connectivity index (χ3n) is 4.49. The minimum absolute atomic E-state index is 0.0478. The van der Waals surface area contributed by atoms with Gasteiger partial charge in [0.05, 0.1) is 13.2 Å². The van der Waals surface area contributed by atoms with Gasteiger partial charge in [0, 0.05) is 41.8 Å². The van der Waals surface area contributed by atoms with E-state index in [1.54, 1.807) is 25.7 Å². The van der Waals surface area contributed by atoms with Gasteiger partial charge in [0.1, 0.15) is 0 Å². The molecule has 0 aromatic rings. The summed E-state index contributed by atoms with van der Waals surface area (Å²) in [5.74, 6) is -0.000361. The van der Waals surface area contributed by atoms with Crippen LogP contribution in [0.3, 0.4) is 0 Å². The summed E-state index contributed by atoms with van der Waals surface area (Å²) >= 11 is 0. The predicted octanol–water partition coefficient (Wildman–Crippen LogP) is 1.82. The van der Waals surface area contributed by atoms with Gasteiger partial charge in [-0.25, -0.2) is 0 Å². The third-order valence-corrected chi connectivity index (χ3v) is 4.49. The number of ether oxygens (including phenoxy) is 1. The number of amides is 1. The molecule has 1 fully saturated rings. The molecule has 0 radical (unpaired) electrons. The molecular weight excluding hydrogens is 282 g/mol. The summed E-state index contributed by atoms with van der Waals surface area (Å²) in [6, 6.07) is 0. The molecule has 0 unspecified atom stereocenters. The molecule has 0 bridgehead atoms. The molecule has 120 valence electrons. The minimum atomic E-state index is -0.0494. The van der Waals surface area contributed by atoms with Gasteiger partial charge in [-0.2, -0.15) is 0 Å². The van der Waals surface area contributed by atoms with Crippen molar-refractivity contribution in [1.82, 2.24) is 4.90 Å². The van der Waals surface area contributed by atoms with Crippen molar-refractivity contribution in [3.63, 3.8) is 0 Å². The normalized spacial score (nSPS) is 20.0. The second kappa shape index (κ2) is 7.01. The van der Waals surface area contributed by atoms with Crippen LogP contribution in [0, 0.1) is 0 Å². The van der Waals surface area contributed by atoms with E-state index in [4.69, 9.17) is 4.74 Å². The summed E-state index contributed by atoms with van der Waals surface area (Å²) in [4.78, 5) is 38.2. The number of ketones is 2. The number of allylic oxidation sites excluding steroid dienone is 4. The highest BCUT2D eigenvalue weighted by atomic mass is 16.5. The van der Waals surface area contributed by atoms with Crippen molar-refractivity contribution in [3.8, 4) is 0 Å². The van der Waals surface area contributed by atoms with Gasteiger partial charge in [-0.1, -0.05) is 0 Å². The Kier molecular flexibility index (Phi) is 5.29. The van der Waals surface area contributed by atoms with E-state index in [0.29, 0.717) is 67.9 Å². The van der Waals surface area contributed by atoms with Crippen LogP contribution in [-0.2, 0) is 19.1 Å². The fourth-order valence-electron chi connectivity index (χ4n) is 2.84. The number of carbonyl (C=O) groups is 3. The Morgan fingerprint density at radius 3 is 2.23 bits per heavy atom. The molecular formula is C17H23NO4. The van der Waals surface area contributed by atoms with E-state index in [0.717, 1.165) is 0 Å². The van der Waals surface area contributed by atoms with E-state index in [1.165, 1.54) is 0 Å². The van der Waals surface area contributed by atoms with Crippen LogP contribution in [0.25, 0.3) is 0 Å². The minimum Gasteiger partial charge on any atom is -0.378 e. The first-order valence-electron chi connectivity index (χ1n) is 7.75. The fraction of sp³-hybridized carbons (Fsp3) is 0.588. The maximum atomic E-state index is 12.3. The molecule has 1 heterocycles. The lowest BCUT2D eigenvalue weighted by Crippen LogP contribution is -2.40. The summed E-state index contributed by atoms with van der Waals surface area (Å²) in [6.45, 7) is 7.55. The van der Waals surface area contributed by atoms with Gasteiger partial charge in [-0.3, -0.25) is 14.4 Å². The van der Waals surface area contributed by atoms with E-state index in [9.17, 15) is 14.4 Å². The second-order valence-electron chi connectivity index (χ2n) is 5.86. The van der Waals surface area contributed by atoms with Crippen molar-refractivity contribution in [2.45, 2.75) is 40.0 Å². The molecule has 0 N–H and O–H groups in total. The zero-order chi connectivity index (χ0) is 16.3. The van der Waals surface area contributed by atoms with Gasteiger partial charge in [-0.05, 0) is 33.6 Å². The lowest BCUT2D eigenvalue weighted by Gasteiger charge is -2.27. The Morgan fingerprint density at radius 1 is 1.00 bits per heavy atom. The van der Waals surface area contributed by atoms with Gasteiger partial charge < -0.3 is 9.64 Å². The van der Waals surface area contributed by atoms with E-state index in [-0.39, 0.29) is 17.5 Å². The molecule has 1 aliphatic carbocycles. The highest BCUT2D eigenvalue weighted by Gasteiger charge is 2.27. The second-order valence-corrected chi connectivity index (χ2v) is 5.86. The van der Waals surface area contributed by atoms with Crippen LogP contribution in [0.1, 0.15) is 40.0 Å². The van der Waals surface area contributed by atoms with Crippen LogP contribution in [0.4, 0.5) is 0 Å². The first-order valence-corrected chi connectivity index (χ1v) is 7.75. The summed E-state index contributed by atoms with van der Waals surface area (Å²) in [5.41, 5.74) is 2.18. The van der Waals surface area contributed by atoms with Gasteiger partial charge in [0.2, 0.25) is 5.91 Å². The Bertz CT molecular complexity index is 565. The average molecular weight is 305 g/mol. The number of morpholine rings is 1. The monoisotopic (exact) mass is 305 g/mol. The van der Waals surface area contributed by atoms with Crippen LogP contribution in [-0.4, -0.2) is 48.7 Å². The number of hydrogen-bond donors (Lipinski definition) is 0. The molecule has 1 saturated heterocycles. The van der Waals surface area contributed by atoms with Gasteiger partial charge in [-0.15, -0.1) is 0 Å². The van der Waals surface area contributed by atoms with E-state index >= 15 is 0 Å². The Labute approximate surface area is 131 Å². The van der Waals surface area contributed by atoms with Crippen LogP contribution >= 0.6 is 0 Å². The first-order chi connectivity index (χ1) is 10.4. The molecule has 0 aromatic heterocycles. The zero-order valence-corrected chi connectivity index (χ0v) is 13.5. The van der Waals surface area contributed by atoms with Crippen molar-refractivity contribution in [3.05, 3.63) is 22.3 Å². The van der Waals surface area contributed by atoms with Crippen molar-refractivity contribution in [2.24, 2.45) is 0 Å². The number of rotatable bonds is 4. The number of Topliss-reactive ketones (excluding diaryl/α,β-unsaturated/α-hetero) is 2. The van der Waals surface area contributed by atoms with Gasteiger partial charge in [0.25, 0.3) is 0 Å². The third kappa shape index (κ3) is 3.35. The molecule has 2 aliphatic rings. The Hall–Kier alpha value is -1.75. The highest BCUT2D eigenvalue weighted by molar-refractivity contribution is 6.24. The molecule has 22 heavy (non-hydrogen) atoms. The highest BCUT2D eigenvalue weighted by Crippen LogP contribution is 2.27. The molecule has 0 atom stereocenters. The SMILES string of the molecule is CC1=C(C)C(=O)C(CCCC(=O)N2CCOCC2)=C(C)C1=O. The molecule has 0 aromatic carbocycles. The quantitative estimate of drug-likeness (QED) is 0.743. The van der Waals surface area contributed by atoms with Crippen molar-refractivity contribution >= 4 is 17.5 Å². The van der Waals surface area contributed by atoms with E-state index in [2.05, 4.69) is 0 Å². The first kappa shape index (κ1) is 16.6. The molecule has 2 rings (SSSR count). The lowest BCUT2D eigenvalue weighted by atomic mass is 9.84. The average Bonchev–Trinajstić information content (AvgIpc) is 2.55. The summed E-state index contributed by atoms with van der Waals surface area (Å²) in [5, 5.41) is 0. The standard InChI is InChI=1S/C17H23NO4/c1-11-12(2)17(21)14(13(3)16(11)20)5-4-6-15(19)18-7-9-22-10-8-18/h4-10H2,1-3H3. The molecule has 0 spiro atoms. The van der Waals surface area contributed by atoms with Gasteiger partial charge >= 0.3 is 0 Å². The summed E-state index contributed by atoms with van der Waals surface area (Å²) < 4.78 is 5.22. The Morgan fingerprint density at radius 2 is 1.59 bits per heavy atom. The topological polar surface area (TPSA) is 63.7 Å². The molecule has 0 saturated carbocycles. The molecule has 1 aliphatic heterocycles. The van der Waals surface area contributed by atoms with Crippen molar-refractivity contribution in [2.75, 3.05) is 26.3 Å². The predicted molar refractivity (Wildman–Crippen MR) is 82.3 cm³/mol. The fourth-order valence-corrected chi connectivity index (χ4v) is 2.84. The number of nitrogens with zero attached hydrogens (tertiary/aromatic N) is 1. The van der Waals surface area contributed by atoms with Crippen molar-refractivity contribution in [1.29, 1.82) is 0 Å². The number of carbonyl (C=O) groups excluding carboxylic acids is 3. The van der Waals surface area contributed by atoms with Crippen molar-refractivity contribution < 1.29 is 19.1 Å². The molecule has 5 heteroatoms.